The molecule has 0 aliphatic carbocycles. The van der Waals surface area contributed by atoms with Gasteiger partial charge in [-0.15, -0.1) is 0 Å². The van der Waals surface area contributed by atoms with Gasteiger partial charge in [-0.2, -0.15) is 0 Å². The molecule has 1 aromatic carbocycles. The van der Waals surface area contributed by atoms with Crippen molar-refractivity contribution in [3.8, 4) is 5.75 Å². The van der Waals surface area contributed by atoms with Gasteiger partial charge in [0, 0.05) is 24.4 Å². The lowest BCUT2D eigenvalue weighted by molar-refractivity contribution is -0.135. The van der Waals surface area contributed by atoms with Gasteiger partial charge in [-0.3, -0.25) is 4.79 Å². The Kier molecular flexibility index (Phi) is 3.95. The summed E-state index contributed by atoms with van der Waals surface area (Å²) in [6.07, 6.45) is 1.57. The predicted molar refractivity (Wildman–Crippen MR) is 76.5 cm³/mol. The van der Waals surface area contributed by atoms with Gasteiger partial charge >= 0.3 is 0 Å². The van der Waals surface area contributed by atoms with Crippen LogP contribution in [0, 0.1) is 5.41 Å². The Morgan fingerprint density at radius 3 is 2.53 bits per heavy atom. The van der Waals surface area contributed by atoms with Crippen LogP contribution in [-0.4, -0.2) is 37.4 Å². The summed E-state index contributed by atoms with van der Waals surface area (Å²) in [5.74, 6) is 1.25. The van der Waals surface area contributed by atoms with Crippen LogP contribution in [0.5, 0.6) is 5.75 Å². The number of ether oxygens (including phenoxy) is 1. The Hall–Kier alpha value is -1.35. The molecule has 19 heavy (non-hydrogen) atoms. The highest BCUT2D eigenvalue weighted by molar-refractivity contribution is 5.85. The lowest BCUT2D eigenvalue weighted by Gasteiger charge is -2.43. The van der Waals surface area contributed by atoms with E-state index in [1.165, 1.54) is 5.56 Å². The number of likely N-dealkylation sites (tertiary alicyclic amines) is 1. The summed E-state index contributed by atoms with van der Waals surface area (Å²) >= 11 is 0. The van der Waals surface area contributed by atoms with E-state index in [9.17, 15) is 4.79 Å². The summed E-state index contributed by atoms with van der Waals surface area (Å²) in [5.41, 5.74) is 0.979. The lowest BCUT2D eigenvalue weighted by Crippen LogP contribution is -2.53. The molecule has 104 valence electrons. The number of benzene rings is 1. The number of ketones is 1. The number of hydrogen-bond donors (Lipinski definition) is 0. The number of nitrogens with zero attached hydrogens (tertiary/aromatic N) is 1. The Balaban J connectivity index is 2.17. The van der Waals surface area contributed by atoms with Crippen molar-refractivity contribution in [1.29, 1.82) is 0 Å². The van der Waals surface area contributed by atoms with E-state index in [0.29, 0.717) is 12.2 Å². The fourth-order valence-electron chi connectivity index (χ4n) is 2.89. The molecule has 1 aliphatic heterocycles. The molecule has 3 nitrogen and oxygen atoms in total. The largest absolute Gasteiger partial charge is 0.497 e. The van der Waals surface area contributed by atoms with Gasteiger partial charge < -0.3 is 9.64 Å². The first kappa shape index (κ1) is 14.1. The fraction of sp³-hybridized carbons (Fsp3) is 0.562. The zero-order valence-corrected chi connectivity index (χ0v) is 12.3. The van der Waals surface area contributed by atoms with E-state index in [1.54, 1.807) is 7.11 Å². The molecule has 1 fully saturated rings. The molecule has 0 unspecified atom stereocenters. The average Bonchev–Trinajstić information content (AvgIpc) is 2.40. The third-order valence-electron chi connectivity index (χ3n) is 4.36. The second-order valence-electron chi connectivity index (χ2n) is 5.94. The number of Topliss-reactive ketones (excluding diaryl/α,β-unsaturated/α-hetero) is 1. The van der Waals surface area contributed by atoms with Crippen LogP contribution in [0.3, 0.4) is 0 Å². The maximum absolute atomic E-state index is 12.1. The van der Waals surface area contributed by atoms with Gasteiger partial charge in [0.1, 0.15) is 11.5 Å². The maximum atomic E-state index is 12.1. The number of carbonyl (C=O) groups excluding carboxylic acids is 1. The van der Waals surface area contributed by atoms with Crippen LogP contribution in [-0.2, 0) is 11.2 Å². The zero-order valence-electron chi connectivity index (χ0n) is 12.3. The van der Waals surface area contributed by atoms with Gasteiger partial charge in [-0.25, -0.2) is 0 Å². The Morgan fingerprint density at radius 2 is 1.95 bits per heavy atom. The van der Waals surface area contributed by atoms with E-state index >= 15 is 0 Å². The summed E-state index contributed by atoms with van der Waals surface area (Å²) in [6.45, 7) is 5.00. The number of carbonyl (C=O) groups is 1. The number of piperidine rings is 1. The SMILES string of the molecule is COc1ccc(C[C@H]2N(C)CCC(=O)C2(C)C)cc1. The second kappa shape index (κ2) is 5.33. The van der Waals surface area contributed by atoms with Crippen LogP contribution in [0.15, 0.2) is 24.3 Å². The molecule has 0 amide bonds. The molecular formula is C16H23NO2. The van der Waals surface area contributed by atoms with Crippen molar-refractivity contribution in [2.75, 3.05) is 20.7 Å². The lowest BCUT2D eigenvalue weighted by atomic mass is 9.73. The minimum Gasteiger partial charge on any atom is -0.497 e. The van der Waals surface area contributed by atoms with Crippen molar-refractivity contribution in [2.24, 2.45) is 5.41 Å². The van der Waals surface area contributed by atoms with Gasteiger partial charge in [0.05, 0.1) is 7.11 Å². The Morgan fingerprint density at radius 1 is 1.32 bits per heavy atom. The van der Waals surface area contributed by atoms with Crippen molar-refractivity contribution in [2.45, 2.75) is 32.7 Å². The number of rotatable bonds is 3. The van der Waals surface area contributed by atoms with E-state index in [2.05, 4.69) is 37.9 Å². The average molecular weight is 261 g/mol. The first-order valence-corrected chi connectivity index (χ1v) is 6.81. The summed E-state index contributed by atoms with van der Waals surface area (Å²) in [4.78, 5) is 14.4. The molecule has 1 saturated heterocycles. The molecule has 0 aromatic heterocycles. The van der Waals surface area contributed by atoms with E-state index < -0.39 is 0 Å². The monoisotopic (exact) mass is 261 g/mol. The van der Waals surface area contributed by atoms with Crippen molar-refractivity contribution in [3.05, 3.63) is 29.8 Å². The minimum absolute atomic E-state index is 0.266. The Bertz CT molecular complexity index is 450. The van der Waals surface area contributed by atoms with Crippen molar-refractivity contribution in [1.82, 2.24) is 4.90 Å². The third-order valence-corrected chi connectivity index (χ3v) is 4.36. The molecule has 3 heteroatoms. The molecule has 1 heterocycles. The maximum Gasteiger partial charge on any atom is 0.141 e. The van der Waals surface area contributed by atoms with Crippen molar-refractivity contribution in [3.63, 3.8) is 0 Å². The normalized spacial score (nSPS) is 23.4. The standard InChI is InChI=1S/C16H23NO2/c1-16(2)14(17(3)10-9-15(16)18)11-12-5-7-13(19-4)8-6-12/h5-8,14H,9-11H2,1-4H3/t14-/m1/s1. The highest BCUT2D eigenvalue weighted by Crippen LogP contribution is 2.33. The van der Waals surface area contributed by atoms with Gasteiger partial charge in [0.2, 0.25) is 0 Å². The topological polar surface area (TPSA) is 29.5 Å². The smallest absolute Gasteiger partial charge is 0.141 e. The molecular weight excluding hydrogens is 238 g/mol. The predicted octanol–water partition coefficient (Wildman–Crippen LogP) is 2.54. The number of likely N-dealkylation sites (N-methyl/N-ethyl adjacent to an activating group) is 1. The number of methoxy groups -OCH3 is 1. The van der Waals surface area contributed by atoms with Crippen LogP contribution in [0.4, 0.5) is 0 Å². The molecule has 1 aromatic rings. The van der Waals surface area contributed by atoms with E-state index in [4.69, 9.17) is 4.74 Å². The zero-order chi connectivity index (χ0) is 14.0. The summed E-state index contributed by atoms with van der Waals surface area (Å²) in [7, 11) is 3.79. The first-order valence-electron chi connectivity index (χ1n) is 6.81. The highest BCUT2D eigenvalue weighted by Gasteiger charge is 2.41. The van der Waals surface area contributed by atoms with Gasteiger partial charge in [0.15, 0.2) is 0 Å². The van der Waals surface area contributed by atoms with E-state index in [1.807, 2.05) is 12.1 Å². The number of hydrogen-bond acceptors (Lipinski definition) is 3. The quantitative estimate of drug-likeness (QED) is 0.837. The van der Waals surface area contributed by atoms with Gasteiger partial charge in [-0.1, -0.05) is 26.0 Å². The molecule has 2 rings (SSSR count). The second-order valence-corrected chi connectivity index (χ2v) is 5.94. The minimum atomic E-state index is -0.271. The molecule has 0 spiro atoms. The summed E-state index contributed by atoms with van der Waals surface area (Å²) in [6, 6.07) is 8.39. The van der Waals surface area contributed by atoms with Gasteiger partial charge in [0.25, 0.3) is 0 Å². The van der Waals surface area contributed by atoms with Crippen molar-refractivity contribution < 1.29 is 9.53 Å². The summed E-state index contributed by atoms with van der Waals surface area (Å²) < 4.78 is 5.17. The van der Waals surface area contributed by atoms with Crippen LogP contribution in [0.1, 0.15) is 25.8 Å². The molecule has 1 atom stereocenters. The van der Waals surface area contributed by atoms with E-state index in [0.717, 1.165) is 18.7 Å². The van der Waals surface area contributed by atoms with Crippen LogP contribution < -0.4 is 4.74 Å². The third kappa shape index (κ3) is 2.81. The molecule has 1 aliphatic rings. The van der Waals surface area contributed by atoms with Gasteiger partial charge in [-0.05, 0) is 31.2 Å². The Labute approximate surface area is 115 Å². The molecule has 0 radical (unpaired) electrons. The van der Waals surface area contributed by atoms with Crippen LogP contribution >= 0.6 is 0 Å². The van der Waals surface area contributed by atoms with Crippen LogP contribution in [0.25, 0.3) is 0 Å². The van der Waals surface area contributed by atoms with E-state index in [-0.39, 0.29) is 11.5 Å². The summed E-state index contributed by atoms with van der Waals surface area (Å²) in [5, 5.41) is 0. The first-order chi connectivity index (χ1) is 8.95. The van der Waals surface area contributed by atoms with Crippen molar-refractivity contribution >= 4 is 5.78 Å². The molecule has 0 N–H and O–H groups in total. The fourth-order valence-corrected chi connectivity index (χ4v) is 2.89. The molecule has 0 saturated carbocycles. The van der Waals surface area contributed by atoms with Crippen LogP contribution in [0.2, 0.25) is 0 Å². The molecule has 0 bridgehead atoms. The highest BCUT2D eigenvalue weighted by atomic mass is 16.5.